The molecule has 26 atom stereocenters. The van der Waals surface area contributed by atoms with Crippen molar-refractivity contribution in [1.29, 1.82) is 0 Å². The van der Waals surface area contributed by atoms with E-state index >= 15 is 0 Å². The molecule has 7 rings (SSSR count). The zero-order valence-electron chi connectivity index (χ0n) is 52.9. The van der Waals surface area contributed by atoms with Crippen molar-refractivity contribution in [2.75, 3.05) is 61.0 Å². The highest BCUT2D eigenvalue weighted by atomic mass is 16.8. The highest BCUT2D eigenvalue weighted by Gasteiger charge is 2.52. The molecule has 0 amide bonds. The minimum atomic E-state index is -1.88. The van der Waals surface area contributed by atoms with Crippen molar-refractivity contribution < 1.29 is 166 Å². The minimum absolute atomic E-state index is 0.0957. The maximum atomic E-state index is 14.4. The molecule has 34 nitrogen and oxygen atoms in total. The topological polar surface area (TPSA) is 504 Å². The van der Waals surface area contributed by atoms with Crippen molar-refractivity contribution in [3.8, 4) is 0 Å². The fourth-order valence-corrected chi connectivity index (χ4v) is 12.6. The summed E-state index contributed by atoms with van der Waals surface area (Å²) < 4.78 is 84.2. The number of hydrogen-bond acceptors (Lipinski definition) is 34. The van der Waals surface area contributed by atoms with Gasteiger partial charge >= 0.3 is 35.8 Å². The summed E-state index contributed by atoms with van der Waals surface area (Å²) in [5.74, 6) is -12.8. The van der Waals surface area contributed by atoms with E-state index in [1.807, 2.05) is 0 Å². The third-order valence-electron chi connectivity index (χ3n) is 18.1. The van der Waals surface area contributed by atoms with Crippen molar-refractivity contribution in [1.82, 2.24) is 0 Å². The molecule has 0 spiro atoms. The number of aliphatic hydroxyl groups excluding tert-OH is 13. The lowest BCUT2D eigenvalue weighted by atomic mass is 9.82. The Labute approximate surface area is 543 Å². The standard InChI is InChI=1S/C61H86O34/c1-8-26-30(34(53(78)81-5)21-86-56(26)93-59-50(75)47(72)44(69)38(16-63)90-59)12-41(66)84-19-25(15-62)29-11-37(89-43(68)14-32-28(10-3)58(88-23-36(32)55(80)83-7)95-61-52(77)49(74)46(71)40(18-65)92-61)24(4)33(29)20-85-42(67)13-31-27(9-2)57(87-22-35(31)54(79)82-6)94-60-51(76)48(73)45(70)39(17-64)91-60/h8-10,21-25,29-33,37-40,44-52,56-65,69-77H,11-20H2,1-7H3. The van der Waals surface area contributed by atoms with Crippen LogP contribution in [0.5, 0.6) is 0 Å². The fourth-order valence-electron chi connectivity index (χ4n) is 12.6. The highest BCUT2D eigenvalue weighted by molar-refractivity contribution is 5.92. The Morgan fingerprint density at radius 3 is 1.15 bits per heavy atom. The zero-order valence-corrected chi connectivity index (χ0v) is 52.9. The third-order valence-corrected chi connectivity index (χ3v) is 18.1. The van der Waals surface area contributed by atoms with Crippen LogP contribution in [0.15, 0.2) is 70.5 Å². The lowest BCUT2D eigenvalue weighted by Gasteiger charge is -2.42. The first-order valence-corrected chi connectivity index (χ1v) is 30.6. The molecular formula is C61H86O34. The quantitative estimate of drug-likeness (QED) is 0.0232. The molecule has 95 heavy (non-hydrogen) atoms. The van der Waals surface area contributed by atoms with Crippen LogP contribution in [-0.2, 0) is 99.8 Å². The summed E-state index contributed by atoms with van der Waals surface area (Å²) in [7, 11) is 3.22. The number of methoxy groups -OCH3 is 3. The van der Waals surface area contributed by atoms with Gasteiger partial charge < -0.3 is 137 Å². The van der Waals surface area contributed by atoms with Crippen LogP contribution in [0.1, 0.15) is 53.4 Å². The first-order valence-electron chi connectivity index (χ1n) is 30.6. The summed E-state index contributed by atoms with van der Waals surface area (Å²) in [5.41, 5.74) is -0.281. The Morgan fingerprint density at radius 1 is 0.495 bits per heavy atom. The van der Waals surface area contributed by atoms with Crippen LogP contribution in [-0.4, -0.2) is 280 Å². The second-order valence-corrected chi connectivity index (χ2v) is 23.5. The number of carbonyl (C=O) groups excluding carboxylic acids is 6. The predicted octanol–water partition coefficient (Wildman–Crippen LogP) is -4.59. The van der Waals surface area contributed by atoms with Gasteiger partial charge in [0.2, 0.25) is 18.9 Å². The Hall–Kier alpha value is -6.10. The second kappa shape index (κ2) is 34.4. The van der Waals surface area contributed by atoms with Crippen molar-refractivity contribution >= 4 is 35.8 Å². The van der Waals surface area contributed by atoms with E-state index in [9.17, 15) is 95.2 Å². The number of esters is 6. The maximum Gasteiger partial charge on any atom is 0.337 e. The Kier molecular flexibility index (Phi) is 27.6. The van der Waals surface area contributed by atoms with Gasteiger partial charge in [-0.25, -0.2) is 14.4 Å². The van der Waals surface area contributed by atoms with E-state index in [2.05, 4.69) is 0 Å². The van der Waals surface area contributed by atoms with Gasteiger partial charge in [0.05, 0.1) is 109 Å². The molecule has 3 saturated heterocycles. The summed E-state index contributed by atoms with van der Waals surface area (Å²) in [6, 6.07) is 0. The average molecular weight is 1360 g/mol. The number of aliphatic hydroxyl groups is 13. The lowest BCUT2D eigenvalue weighted by molar-refractivity contribution is -0.327. The van der Waals surface area contributed by atoms with Gasteiger partial charge in [-0.05, 0) is 39.0 Å². The van der Waals surface area contributed by atoms with Gasteiger partial charge in [0.15, 0.2) is 18.9 Å². The van der Waals surface area contributed by atoms with Gasteiger partial charge in [-0.2, -0.15) is 0 Å². The molecule has 0 aromatic heterocycles. The summed E-state index contributed by atoms with van der Waals surface area (Å²) >= 11 is 0. The summed E-state index contributed by atoms with van der Waals surface area (Å²) in [5, 5.41) is 135. The molecule has 0 bridgehead atoms. The number of carbonyl (C=O) groups is 6. The van der Waals surface area contributed by atoms with Gasteiger partial charge in [0, 0.05) is 52.9 Å². The van der Waals surface area contributed by atoms with Gasteiger partial charge in [0.25, 0.3) is 0 Å². The molecule has 1 saturated carbocycles. The molecule has 0 radical (unpaired) electrons. The zero-order chi connectivity index (χ0) is 69.9. The largest absolute Gasteiger partial charge is 0.468 e. The van der Waals surface area contributed by atoms with E-state index in [1.54, 1.807) is 6.92 Å². The van der Waals surface area contributed by atoms with Gasteiger partial charge in [-0.1, -0.05) is 25.2 Å². The van der Waals surface area contributed by atoms with Crippen molar-refractivity contribution in [3.63, 3.8) is 0 Å². The number of allylic oxidation sites excluding steroid dienone is 3. The number of hydrogen-bond donors (Lipinski definition) is 13. The summed E-state index contributed by atoms with van der Waals surface area (Å²) in [4.78, 5) is 82.6. The first-order chi connectivity index (χ1) is 45.3. The van der Waals surface area contributed by atoms with Crippen molar-refractivity contribution in [3.05, 3.63) is 70.5 Å². The van der Waals surface area contributed by atoms with Gasteiger partial charge in [-0.15, -0.1) is 0 Å². The van der Waals surface area contributed by atoms with E-state index in [0.29, 0.717) is 0 Å². The van der Waals surface area contributed by atoms with Crippen LogP contribution >= 0.6 is 0 Å². The SMILES string of the molecule is CC=C1C(OC2OC(CO)C(O)C(O)C2O)OC=C(C(=O)OC)C1CC(=O)OCC(CO)C1CC(OC(=O)CC2C(C(=O)OC)=COC(OC3OC(CO)C(O)C(O)C3O)C2=CC)C(C)C1COC(=O)CC1C(C(=O)OC)=COC(OC2OC(CO)C(O)C(O)C2O)C1=CC. The third kappa shape index (κ3) is 17.1. The number of rotatable bonds is 25. The first kappa shape index (κ1) is 76.3. The Balaban J connectivity index is 1.13. The van der Waals surface area contributed by atoms with E-state index < -0.39 is 253 Å². The maximum absolute atomic E-state index is 14.4. The molecule has 4 fully saturated rings. The van der Waals surface area contributed by atoms with E-state index in [0.717, 1.165) is 40.1 Å². The molecule has 0 aromatic carbocycles. The van der Waals surface area contributed by atoms with Crippen LogP contribution in [0.25, 0.3) is 0 Å². The Bertz CT molecular complexity index is 2850. The molecule has 6 heterocycles. The minimum Gasteiger partial charge on any atom is -0.468 e. The van der Waals surface area contributed by atoms with E-state index in [1.165, 1.54) is 39.0 Å². The molecule has 26 unspecified atom stereocenters. The van der Waals surface area contributed by atoms with Crippen molar-refractivity contribution in [2.24, 2.45) is 41.4 Å². The van der Waals surface area contributed by atoms with Gasteiger partial charge in [-0.3, -0.25) is 14.4 Å². The Morgan fingerprint density at radius 2 is 0.832 bits per heavy atom. The summed E-state index contributed by atoms with van der Waals surface area (Å²) in [6.45, 7) is 2.07. The van der Waals surface area contributed by atoms with Crippen LogP contribution in [0.4, 0.5) is 0 Å². The smallest absolute Gasteiger partial charge is 0.337 e. The molecule has 7 aliphatic rings. The number of ether oxygens (including phenoxy) is 15. The summed E-state index contributed by atoms with van der Waals surface area (Å²) in [6.07, 6.45) is -26.1. The average Bonchev–Trinajstić information content (AvgIpc) is 1.09. The molecule has 0 aromatic rings. The van der Waals surface area contributed by atoms with Crippen LogP contribution < -0.4 is 0 Å². The highest BCUT2D eigenvalue weighted by Crippen LogP contribution is 2.46. The molecular weight excluding hydrogens is 1280 g/mol. The van der Waals surface area contributed by atoms with E-state index in [4.69, 9.17) is 71.1 Å². The van der Waals surface area contributed by atoms with Crippen LogP contribution in [0, 0.1) is 41.4 Å². The molecule has 6 aliphatic heterocycles. The normalized spacial score (nSPS) is 38.8. The van der Waals surface area contributed by atoms with Crippen LogP contribution in [0.3, 0.4) is 0 Å². The van der Waals surface area contributed by atoms with Gasteiger partial charge in [0.1, 0.15) is 79.4 Å². The monoisotopic (exact) mass is 1360 g/mol. The molecule has 34 heteroatoms. The lowest BCUT2D eigenvalue weighted by Crippen LogP contribution is -2.60. The van der Waals surface area contributed by atoms with Crippen molar-refractivity contribution in [2.45, 2.75) is 170 Å². The van der Waals surface area contributed by atoms with Crippen LogP contribution in [0.2, 0.25) is 0 Å². The second-order valence-electron chi connectivity index (χ2n) is 23.5. The predicted molar refractivity (Wildman–Crippen MR) is 308 cm³/mol. The molecule has 13 N–H and O–H groups in total. The molecule has 534 valence electrons. The van der Waals surface area contributed by atoms with E-state index in [-0.39, 0.29) is 39.9 Å². The fraction of sp³-hybridized carbons (Fsp3) is 0.705. The molecule has 1 aliphatic carbocycles.